The van der Waals surface area contributed by atoms with Crippen LogP contribution in [-0.2, 0) is 20.0 Å². The van der Waals surface area contributed by atoms with Crippen molar-refractivity contribution in [2.24, 2.45) is 10.3 Å². The van der Waals surface area contributed by atoms with E-state index in [9.17, 15) is 16.8 Å². The molecule has 0 amide bonds. The largest absolute Gasteiger partial charge is 0.340 e. The topological polar surface area (TPSA) is 90.4 Å². The van der Waals surface area contributed by atoms with Crippen molar-refractivity contribution in [3.05, 3.63) is 60.2 Å². The fourth-order valence-electron chi connectivity index (χ4n) is 4.98. The molecule has 1 unspecified atom stereocenters. The summed E-state index contributed by atoms with van der Waals surface area (Å²) in [5.41, 5.74) is 0.965. The number of aryl methyl sites for hydroxylation is 1. The second-order valence-corrected chi connectivity index (χ2v) is 13.4. The molecule has 2 fully saturated rings. The highest BCUT2D eigenvalue weighted by atomic mass is 32.2. The van der Waals surface area contributed by atoms with Gasteiger partial charge in [0.25, 0.3) is 10.0 Å². The van der Waals surface area contributed by atoms with Crippen LogP contribution in [-0.4, -0.2) is 75.7 Å². The van der Waals surface area contributed by atoms with Crippen molar-refractivity contribution in [1.29, 1.82) is 0 Å². The molecule has 0 bridgehead atoms. The molecule has 2 saturated heterocycles. The number of amidine groups is 1. The van der Waals surface area contributed by atoms with Gasteiger partial charge in [0.2, 0.25) is 10.0 Å². The normalized spacial score (nSPS) is 20.8. The molecular weight excluding hydrogens is 496 g/mol. The van der Waals surface area contributed by atoms with E-state index in [-0.39, 0.29) is 22.3 Å². The Hall–Kier alpha value is -2.27. The maximum atomic E-state index is 13.6. The first-order chi connectivity index (χ1) is 17.1. The number of rotatable bonds is 7. The van der Waals surface area contributed by atoms with Crippen LogP contribution < -0.4 is 0 Å². The minimum atomic E-state index is -3.97. The summed E-state index contributed by atoms with van der Waals surface area (Å²) >= 11 is 0. The first kappa shape index (κ1) is 26.8. The molecule has 2 aliphatic rings. The van der Waals surface area contributed by atoms with Crippen LogP contribution in [0.4, 0.5) is 0 Å². The van der Waals surface area contributed by atoms with Crippen LogP contribution >= 0.6 is 0 Å². The van der Waals surface area contributed by atoms with E-state index >= 15 is 0 Å². The Morgan fingerprint density at radius 1 is 0.861 bits per heavy atom. The Morgan fingerprint density at radius 2 is 1.50 bits per heavy atom. The van der Waals surface area contributed by atoms with Crippen LogP contribution in [0.1, 0.15) is 38.7 Å². The lowest BCUT2D eigenvalue weighted by Crippen LogP contribution is -2.50. The molecule has 2 aliphatic heterocycles. The van der Waals surface area contributed by atoms with E-state index in [0.717, 1.165) is 37.9 Å². The first-order valence-electron chi connectivity index (χ1n) is 12.6. The predicted molar refractivity (Wildman–Crippen MR) is 142 cm³/mol. The zero-order valence-electron chi connectivity index (χ0n) is 21.2. The van der Waals surface area contributed by atoms with Gasteiger partial charge in [-0.2, -0.15) is 12.7 Å². The van der Waals surface area contributed by atoms with Crippen molar-refractivity contribution in [3.63, 3.8) is 0 Å². The Labute approximate surface area is 215 Å². The molecule has 2 aromatic rings. The van der Waals surface area contributed by atoms with Crippen molar-refractivity contribution in [1.82, 2.24) is 14.1 Å². The quantitative estimate of drug-likeness (QED) is 0.400. The highest BCUT2D eigenvalue weighted by molar-refractivity contribution is 7.90. The minimum Gasteiger partial charge on any atom is -0.340 e. The maximum Gasteiger partial charge on any atom is 0.283 e. The zero-order valence-corrected chi connectivity index (χ0v) is 22.9. The Balaban J connectivity index is 1.73. The standard InChI is InChI=1S/C26H36N4O4S2/c1-21(2)26-29(18-19-30(26)36(33,34)24-10-6-4-7-11-24)25(20-28-16-8-5-9-17-28)27-35(31,32)23-14-12-22(3)13-15-23/h4,6-7,10-15,21,26H,5,8-9,16-20H2,1-3H3. The summed E-state index contributed by atoms with van der Waals surface area (Å²) in [5.74, 6) is 0.321. The lowest BCUT2D eigenvalue weighted by Gasteiger charge is -2.36. The van der Waals surface area contributed by atoms with Gasteiger partial charge in [0.05, 0.1) is 22.5 Å². The van der Waals surface area contributed by atoms with E-state index in [1.807, 2.05) is 25.7 Å². The molecule has 1 atom stereocenters. The van der Waals surface area contributed by atoms with Gasteiger partial charge < -0.3 is 4.90 Å². The molecule has 0 saturated carbocycles. The smallest absolute Gasteiger partial charge is 0.283 e. The van der Waals surface area contributed by atoms with Gasteiger partial charge in [-0.3, -0.25) is 4.90 Å². The summed E-state index contributed by atoms with van der Waals surface area (Å²) in [4.78, 5) is 4.49. The fraction of sp³-hybridized carbons (Fsp3) is 0.500. The molecule has 0 aromatic heterocycles. The minimum absolute atomic E-state index is 0.0837. The SMILES string of the molecule is Cc1ccc(S(=O)(=O)N=C(CN2CCCCC2)N2CCN(S(=O)(=O)c3ccccc3)C2C(C)C)cc1. The number of hydrogen-bond acceptors (Lipinski definition) is 5. The summed E-state index contributed by atoms with van der Waals surface area (Å²) in [6, 6.07) is 15.1. The van der Waals surface area contributed by atoms with Crippen LogP contribution in [0.25, 0.3) is 0 Å². The molecule has 2 heterocycles. The average molecular weight is 533 g/mol. The second-order valence-electron chi connectivity index (χ2n) is 9.91. The summed E-state index contributed by atoms with van der Waals surface area (Å²) < 4.78 is 59.7. The number of sulfonamides is 2. The van der Waals surface area contributed by atoms with Gasteiger partial charge in [-0.1, -0.05) is 56.2 Å². The highest BCUT2D eigenvalue weighted by Gasteiger charge is 2.43. The molecule has 0 radical (unpaired) electrons. The number of benzene rings is 2. The average Bonchev–Trinajstić information content (AvgIpc) is 3.32. The third-order valence-corrected chi connectivity index (χ3v) is 10.0. The molecule has 8 nitrogen and oxygen atoms in total. The first-order valence-corrected chi connectivity index (χ1v) is 15.4. The Bertz CT molecular complexity index is 1270. The lowest BCUT2D eigenvalue weighted by molar-refractivity contribution is 0.197. The van der Waals surface area contributed by atoms with Gasteiger partial charge in [-0.05, 0) is 63.0 Å². The van der Waals surface area contributed by atoms with Crippen molar-refractivity contribution in [2.75, 3.05) is 32.7 Å². The highest BCUT2D eigenvalue weighted by Crippen LogP contribution is 2.30. The Morgan fingerprint density at radius 3 is 2.11 bits per heavy atom. The molecule has 2 aromatic carbocycles. The molecular formula is C26H36N4O4S2. The number of piperidine rings is 1. The van der Waals surface area contributed by atoms with E-state index in [1.54, 1.807) is 54.6 Å². The van der Waals surface area contributed by atoms with Crippen LogP contribution in [0.5, 0.6) is 0 Å². The molecule has 0 N–H and O–H groups in total. The van der Waals surface area contributed by atoms with Gasteiger partial charge >= 0.3 is 0 Å². The van der Waals surface area contributed by atoms with Crippen molar-refractivity contribution >= 4 is 25.9 Å². The summed E-state index contributed by atoms with van der Waals surface area (Å²) in [5, 5.41) is 0. The lowest BCUT2D eigenvalue weighted by atomic mass is 10.1. The number of hydrogen-bond donors (Lipinski definition) is 0. The molecule has 4 rings (SSSR count). The number of nitrogens with zero attached hydrogens (tertiary/aromatic N) is 4. The van der Waals surface area contributed by atoms with E-state index in [1.165, 1.54) is 4.31 Å². The van der Waals surface area contributed by atoms with Gasteiger partial charge in [0.15, 0.2) is 0 Å². The molecule has 10 heteroatoms. The molecule has 36 heavy (non-hydrogen) atoms. The van der Waals surface area contributed by atoms with Crippen molar-refractivity contribution < 1.29 is 16.8 Å². The van der Waals surface area contributed by atoms with Gasteiger partial charge in [0.1, 0.15) is 5.84 Å². The molecule has 0 aliphatic carbocycles. The van der Waals surface area contributed by atoms with Crippen molar-refractivity contribution in [3.8, 4) is 0 Å². The van der Waals surface area contributed by atoms with Crippen LogP contribution in [0.3, 0.4) is 0 Å². The second kappa shape index (κ2) is 11.0. The van der Waals surface area contributed by atoms with Gasteiger partial charge in [-0.25, -0.2) is 8.42 Å². The molecule has 0 spiro atoms. The number of likely N-dealkylation sites (tertiary alicyclic amines) is 1. The van der Waals surface area contributed by atoms with Crippen LogP contribution in [0, 0.1) is 12.8 Å². The third-order valence-electron chi connectivity index (χ3n) is 6.81. The van der Waals surface area contributed by atoms with Gasteiger partial charge in [0, 0.05) is 13.1 Å². The van der Waals surface area contributed by atoms with Crippen LogP contribution in [0.15, 0.2) is 68.8 Å². The van der Waals surface area contributed by atoms with Crippen molar-refractivity contribution in [2.45, 2.75) is 56.0 Å². The maximum absolute atomic E-state index is 13.6. The van der Waals surface area contributed by atoms with E-state index in [2.05, 4.69) is 9.30 Å². The summed E-state index contributed by atoms with van der Waals surface area (Å²) in [6.07, 6.45) is 2.73. The predicted octanol–water partition coefficient (Wildman–Crippen LogP) is 3.56. The van der Waals surface area contributed by atoms with E-state index < -0.39 is 26.2 Å². The van der Waals surface area contributed by atoms with Crippen LogP contribution in [0.2, 0.25) is 0 Å². The Kier molecular flexibility index (Phi) is 8.18. The zero-order chi connectivity index (χ0) is 25.9. The monoisotopic (exact) mass is 532 g/mol. The summed E-state index contributed by atoms with van der Waals surface area (Å²) in [6.45, 7) is 8.58. The van der Waals surface area contributed by atoms with Gasteiger partial charge in [-0.15, -0.1) is 4.40 Å². The molecule has 196 valence electrons. The summed E-state index contributed by atoms with van der Waals surface area (Å²) in [7, 11) is -7.73. The fourth-order valence-corrected chi connectivity index (χ4v) is 7.74. The van der Waals surface area contributed by atoms with E-state index in [4.69, 9.17) is 0 Å². The third kappa shape index (κ3) is 5.82. The van der Waals surface area contributed by atoms with E-state index in [0.29, 0.717) is 18.9 Å².